The standard InChI is InChI=1S/C7H9FO2S/c1-10-4-6(9)7-5(8)2-3-11-7/h2-3,6,9H,4H2,1H3. The van der Waals surface area contributed by atoms with Crippen LogP contribution in [0.1, 0.15) is 11.0 Å². The predicted molar refractivity (Wildman–Crippen MR) is 41.1 cm³/mol. The quantitative estimate of drug-likeness (QED) is 0.757. The molecule has 0 amide bonds. The van der Waals surface area contributed by atoms with Crippen LogP contribution >= 0.6 is 11.3 Å². The first kappa shape index (κ1) is 8.64. The topological polar surface area (TPSA) is 29.5 Å². The Labute approximate surface area is 68.2 Å². The summed E-state index contributed by atoms with van der Waals surface area (Å²) in [5.74, 6) is -0.362. The molecule has 1 aromatic heterocycles. The lowest BCUT2D eigenvalue weighted by molar-refractivity contribution is 0.0646. The summed E-state index contributed by atoms with van der Waals surface area (Å²) in [6.07, 6.45) is -0.833. The largest absolute Gasteiger partial charge is 0.385 e. The van der Waals surface area contributed by atoms with Crippen LogP contribution < -0.4 is 0 Å². The maximum Gasteiger partial charge on any atom is 0.139 e. The molecule has 0 saturated heterocycles. The second kappa shape index (κ2) is 3.80. The van der Waals surface area contributed by atoms with Gasteiger partial charge in [0.15, 0.2) is 0 Å². The second-order valence-corrected chi connectivity index (χ2v) is 3.05. The summed E-state index contributed by atoms with van der Waals surface area (Å²) >= 11 is 1.19. The molecule has 0 aliphatic carbocycles. The van der Waals surface area contributed by atoms with Crippen LogP contribution in [0.25, 0.3) is 0 Å². The van der Waals surface area contributed by atoms with Gasteiger partial charge in [0.2, 0.25) is 0 Å². The van der Waals surface area contributed by atoms with Gasteiger partial charge in [-0.15, -0.1) is 11.3 Å². The van der Waals surface area contributed by atoms with E-state index < -0.39 is 6.10 Å². The lowest BCUT2D eigenvalue weighted by Crippen LogP contribution is -2.04. The molecule has 1 heterocycles. The highest BCUT2D eigenvalue weighted by Gasteiger charge is 2.13. The summed E-state index contributed by atoms with van der Waals surface area (Å²) in [7, 11) is 1.47. The average molecular weight is 176 g/mol. The van der Waals surface area contributed by atoms with Gasteiger partial charge in [0.25, 0.3) is 0 Å². The normalized spacial score (nSPS) is 13.4. The zero-order chi connectivity index (χ0) is 8.27. The van der Waals surface area contributed by atoms with Gasteiger partial charge in [-0.05, 0) is 11.4 Å². The Morgan fingerprint density at radius 1 is 1.82 bits per heavy atom. The average Bonchev–Trinajstić information content (AvgIpc) is 2.36. The number of thiophene rings is 1. The smallest absolute Gasteiger partial charge is 0.139 e. The summed E-state index contributed by atoms with van der Waals surface area (Å²) < 4.78 is 17.4. The molecular weight excluding hydrogens is 167 g/mol. The Hall–Kier alpha value is -0.450. The minimum atomic E-state index is -0.833. The maximum atomic E-state index is 12.7. The minimum Gasteiger partial charge on any atom is -0.385 e. The Morgan fingerprint density at radius 3 is 3.00 bits per heavy atom. The van der Waals surface area contributed by atoms with Crippen molar-refractivity contribution in [2.24, 2.45) is 0 Å². The zero-order valence-electron chi connectivity index (χ0n) is 6.08. The van der Waals surface area contributed by atoms with E-state index in [1.165, 1.54) is 24.5 Å². The third kappa shape index (κ3) is 1.99. The van der Waals surface area contributed by atoms with Gasteiger partial charge in [0.05, 0.1) is 11.5 Å². The summed E-state index contributed by atoms with van der Waals surface area (Å²) in [4.78, 5) is 0.340. The van der Waals surface area contributed by atoms with Crippen molar-refractivity contribution in [1.82, 2.24) is 0 Å². The van der Waals surface area contributed by atoms with Gasteiger partial charge in [-0.25, -0.2) is 4.39 Å². The van der Waals surface area contributed by atoms with E-state index >= 15 is 0 Å². The lowest BCUT2D eigenvalue weighted by atomic mass is 10.3. The van der Waals surface area contributed by atoms with Gasteiger partial charge in [0.1, 0.15) is 11.9 Å². The molecular formula is C7H9FO2S. The van der Waals surface area contributed by atoms with Gasteiger partial charge in [-0.3, -0.25) is 0 Å². The molecule has 0 aliphatic rings. The van der Waals surface area contributed by atoms with Gasteiger partial charge < -0.3 is 9.84 Å². The number of rotatable bonds is 3. The highest BCUT2D eigenvalue weighted by atomic mass is 32.1. The predicted octanol–water partition coefficient (Wildman–Crippen LogP) is 1.57. The SMILES string of the molecule is COCC(O)c1sccc1F. The molecule has 1 unspecified atom stereocenters. The number of hydrogen-bond acceptors (Lipinski definition) is 3. The van der Waals surface area contributed by atoms with Crippen molar-refractivity contribution in [3.05, 3.63) is 22.1 Å². The van der Waals surface area contributed by atoms with E-state index in [0.717, 1.165) is 0 Å². The van der Waals surface area contributed by atoms with Gasteiger partial charge in [-0.1, -0.05) is 0 Å². The first-order chi connectivity index (χ1) is 5.25. The van der Waals surface area contributed by atoms with E-state index in [9.17, 15) is 9.50 Å². The van der Waals surface area contributed by atoms with Crippen molar-refractivity contribution in [2.75, 3.05) is 13.7 Å². The van der Waals surface area contributed by atoms with Crippen LogP contribution in [0.15, 0.2) is 11.4 Å². The molecule has 0 saturated carbocycles. The van der Waals surface area contributed by atoms with Crippen LogP contribution in [0.5, 0.6) is 0 Å². The summed E-state index contributed by atoms with van der Waals surface area (Å²) in [5, 5.41) is 10.8. The lowest BCUT2D eigenvalue weighted by Gasteiger charge is -2.05. The Morgan fingerprint density at radius 2 is 2.55 bits per heavy atom. The van der Waals surface area contributed by atoms with E-state index in [1.54, 1.807) is 5.38 Å². The first-order valence-corrected chi connectivity index (χ1v) is 4.03. The Kier molecular flexibility index (Phi) is 2.99. The summed E-state index contributed by atoms with van der Waals surface area (Å²) in [5.41, 5.74) is 0. The van der Waals surface area contributed by atoms with Crippen molar-refractivity contribution in [2.45, 2.75) is 6.10 Å². The van der Waals surface area contributed by atoms with Crippen LogP contribution in [0, 0.1) is 5.82 Å². The monoisotopic (exact) mass is 176 g/mol. The number of methoxy groups -OCH3 is 1. The third-order valence-corrected chi connectivity index (χ3v) is 2.27. The van der Waals surface area contributed by atoms with Crippen LogP contribution in [0.3, 0.4) is 0 Å². The highest BCUT2D eigenvalue weighted by molar-refractivity contribution is 7.10. The number of hydrogen-bond donors (Lipinski definition) is 1. The van der Waals surface area contributed by atoms with Crippen LogP contribution in [-0.2, 0) is 4.74 Å². The number of ether oxygens (including phenoxy) is 1. The fourth-order valence-electron chi connectivity index (χ4n) is 0.777. The van der Waals surface area contributed by atoms with Crippen molar-refractivity contribution >= 4 is 11.3 Å². The van der Waals surface area contributed by atoms with Crippen LogP contribution in [0.4, 0.5) is 4.39 Å². The van der Waals surface area contributed by atoms with Crippen LogP contribution in [0.2, 0.25) is 0 Å². The highest BCUT2D eigenvalue weighted by Crippen LogP contribution is 2.22. The first-order valence-electron chi connectivity index (χ1n) is 3.15. The van der Waals surface area contributed by atoms with E-state index in [2.05, 4.69) is 4.74 Å². The molecule has 0 aromatic carbocycles. The molecule has 0 aliphatic heterocycles. The van der Waals surface area contributed by atoms with Gasteiger partial charge in [0, 0.05) is 7.11 Å². The summed E-state index contributed by atoms with van der Waals surface area (Å²) in [6, 6.07) is 1.33. The van der Waals surface area contributed by atoms with Gasteiger partial charge >= 0.3 is 0 Å². The zero-order valence-corrected chi connectivity index (χ0v) is 6.90. The second-order valence-electron chi connectivity index (χ2n) is 2.10. The maximum absolute atomic E-state index is 12.7. The van der Waals surface area contributed by atoms with Crippen molar-refractivity contribution in [3.8, 4) is 0 Å². The van der Waals surface area contributed by atoms with Crippen molar-refractivity contribution in [1.29, 1.82) is 0 Å². The molecule has 2 nitrogen and oxygen atoms in total. The number of aliphatic hydroxyl groups excluding tert-OH is 1. The summed E-state index contributed by atoms with van der Waals surface area (Å²) in [6.45, 7) is 0.136. The minimum absolute atomic E-state index is 0.136. The fraction of sp³-hybridized carbons (Fsp3) is 0.429. The molecule has 1 rings (SSSR count). The Bertz CT molecular complexity index is 224. The fourth-order valence-corrected chi connectivity index (χ4v) is 1.52. The van der Waals surface area contributed by atoms with E-state index in [1.807, 2.05) is 0 Å². The van der Waals surface area contributed by atoms with Crippen LogP contribution in [-0.4, -0.2) is 18.8 Å². The van der Waals surface area contributed by atoms with Crippen molar-refractivity contribution < 1.29 is 14.2 Å². The molecule has 4 heteroatoms. The molecule has 62 valence electrons. The van der Waals surface area contributed by atoms with Gasteiger partial charge in [-0.2, -0.15) is 0 Å². The molecule has 1 aromatic rings. The molecule has 1 atom stereocenters. The molecule has 0 bridgehead atoms. The molecule has 1 N–H and O–H groups in total. The number of aliphatic hydroxyl groups is 1. The number of halogens is 1. The molecule has 11 heavy (non-hydrogen) atoms. The van der Waals surface area contributed by atoms with E-state index in [-0.39, 0.29) is 12.4 Å². The van der Waals surface area contributed by atoms with E-state index in [4.69, 9.17) is 0 Å². The van der Waals surface area contributed by atoms with E-state index in [0.29, 0.717) is 4.88 Å². The third-order valence-electron chi connectivity index (χ3n) is 1.27. The molecule has 0 radical (unpaired) electrons. The molecule has 0 spiro atoms. The van der Waals surface area contributed by atoms with Crippen molar-refractivity contribution in [3.63, 3.8) is 0 Å². The molecule has 0 fully saturated rings. The Balaban J connectivity index is 2.67.